The van der Waals surface area contributed by atoms with Crippen molar-refractivity contribution in [2.45, 2.75) is 101 Å². The molecular weight excluding hydrogens is 467 g/mol. The molecule has 5 fully saturated rings. The van der Waals surface area contributed by atoms with Crippen LogP contribution in [0.25, 0.3) is 0 Å². The standard InChI is InChI=1S/C28H35FO7/c1-16(30)34-15-22(33)28-23(35-26(36-28)9-4-5-10-26)13-20-19-7-6-17-12-18(31)8-11-24(17,2)27(19,29)21(32)14-25(20,28)3/h8,11-12,19-21,23,32H,4-7,9-10,13-15H2,1-3H3/t19?,20?,21-,23?,24?,25?,27-,28?/m0/s1. The fourth-order valence-corrected chi connectivity index (χ4v) is 9.04. The molecule has 0 radical (unpaired) electrons. The number of carbonyl (C=O) groups is 3. The summed E-state index contributed by atoms with van der Waals surface area (Å²) in [6.07, 6.45) is 7.23. The van der Waals surface area contributed by atoms with Crippen molar-refractivity contribution < 1.29 is 38.1 Å². The van der Waals surface area contributed by atoms with E-state index in [9.17, 15) is 19.5 Å². The predicted octanol–water partition coefficient (Wildman–Crippen LogP) is 3.52. The second-order valence-electron chi connectivity index (χ2n) is 12.3. The Labute approximate surface area is 210 Å². The van der Waals surface area contributed by atoms with Gasteiger partial charge in [-0.25, -0.2) is 4.39 Å². The summed E-state index contributed by atoms with van der Waals surface area (Å²) in [5.41, 5.74) is -4.72. The van der Waals surface area contributed by atoms with E-state index < -0.39 is 58.6 Å². The molecule has 1 saturated heterocycles. The zero-order valence-corrected chi connectivity index (χ0v) is 21.2. The van der Waals surface area contributed by atoms with Crippen LogP contribution in [0.3, 0.4) is 0 Å². The molecule has 0 amide bonds. The number of carbonyl (C=O) groups excluding carboxylic acids is 3. The molecule has 5 aliphatic carbocycles. The normalized spacial score (nSPS) is 48.1. The van der Waals surface area contributed by atoms with Gasteiger partial charge in [-0.05, 0) is 63.5 Å². The Balaban J connectivity index is 1.44. The molecule has 8 heteroatoms. The number of fused-ring (bicyclic) bond motifs is 7. The number of allylic oxidation sites excluding steroid dienone is 4. The molecule has 4 saturated carbocycles. The third-order valence-electron chi connectivity index (χ3n) is 10.7. The molecule has 0 aromatic heterocycles. The molecular formula is C28H35FO7. The van der Waals surface area contributed by atoms with Crippen molar-refractivity contribution in [3.8, 4) is 0 Å². The van der Waals surface area contributed by atoms with E-state index in [4.69, 9.17) is 14.2 Å². The number of hydrogen-bond acceptors (Lipinski definition) is 7. The molecule has 0 aromatic carbocycles. The van der Waals surface area contributed by atoms with E-state index in [-0.39, 0.29) is 23.9 Å². The van der Waals surface area contributed by atoms with Gasteiger partial charge in [0.2, 0.25) is 5.78 Å². The largest absolute Gasteiger partial charge is 0.458 e. The number of alkyl halides is 1. The molecule has 6 aliphatic rings. The summed E-state index contributed by atoms with van der Waals surface area (Å²) in [6.45, 7) is 4.52. The van der Waals surface area contributed by atoms with Gasteiger partial charge in [-0.1, -0.05) is 18.6 Å². The van der Waals surface area contributed by atoms with Crippen LogP contribution in [0.5, 0.6) is 0 Å². The van der Waals surface area contributed by atoms with Gasteiger partial charge >= 0.3 is 5.97 Å². The number of hydrogen-bond donors (Lipinski definition) is 1. The minimum atomic E-state index is -2.00. The van der Waals surface area contributed by atoms with Crippen LogP contribution in [-0.2, 0) is 28.6 Å². The Hall–Kier alpha value is -1.90. The summed E-state index contributed by atoms with van der Waals surface area (Å²) in [7, 11) is 0. The first-order valence-corrected chi connectivity index (χ1v) is 13.3. The minimum Gasteiger partial charge on any atom is -0.458 e. The van der Waals surface area contributed by atoms with Crippen LogP contribution in [0.2, 0.25) is 0 Å². The maximum absolute atomic E-state index is 17.4. The van der Waals surface area contributed by atoms with Crippen molar-refractivity contribution in [1.29, 1.82) is 0 Å². The zero-order chi connectivity index (χ0) is 25.7. The third kappa shape index (κ3) is 2.81. The van der Waals surface area contributed by atoms with Gasteiger partial charge in [0, 0.05) is 36.5 Å². The summed E-state index contributed by atoms with van der Waals surface area (Å²) in [4.78, 5) is 37.5. The van der Waals surface area contributed by atoms with Crippen LogP contribution in [0.4, 0.5) is 4.39 Å². The smallest absolute Gasteiger partial charge is 0.303 e. The number of aliphatic hydroxyl groups is 1. The van der Waals surface area contributed by atoms with E-state index in [0.29, 0.717) is 37.7 Å². The molecule has 0 aromatic rings. The Morgan fingerprint density at radius 2 is 1.94 bits per heavy atom. The Morgan fingerprint density at radius 1 is 1.22 bits per heavy atom. The summed E-state index contributed by atoms with van der Waals surface area (Å²) >= 11 is 0. The number of halogens is 1. The van der Waals surface area contributed by atoms with Crippen molar-refractivity contribution in [2.24, 2.45) is 22.7 Å². The minimum absolute atomic E-state index is 0.0110. The van der Waals surface area contributed by atoms with E-state index in [1.54, 1.807) is 13.0 Å². The Bertz CT molecular complexity index is 1090. The van der Waals surface area contributed by atoms with Gasteiger partial charge in [0.1, 0.15) is 0 Å². The van der Waals surface area contributed by atoms with Crippen molar-refractivity contribution in [3.63, 3.8) is 0 Å². The number of Topliss-reactive ketones (excluding diaryl/α,β-unsaturated/α-hetero) is 1. The molecule has 6 unspecified atom stereocenters. The van der Waals surface area contributed by atoms with Gasteiger partial charge in [-0.15, -0.1) is 0 Å². The zero-order valence-electron chi connectivity index (χ0n) is 21.2. The quantitative estimate of drug-likeness (QED) is 0.590. The average Bonchev–Trinajstić information content (AvgIpc) is 3.47. The van der Waals surface area contributed by atoms with E-state index in [2.05, 4.69) is 0 Å². The Kier molecular flexibility index (Phi) is 5.14. The molecule has 8 atom stereocenters. The summed E-state index contributed by atoms with van der Waals surface area (Å²) in [5, 5.41) is 11.6. The van der Waals surface area contributed by atoms with Gasteiger partial charge in [0.05, 0.1) is 12.2 Å². The predicted molar refractivity (Wildman–Crippen MR) is 125 cm³/mol. The fourth-order valence-electron chi connectivity index (χ4n) is 9.04. The number of rotatable bonds is 3. The first kappa shape index (κ1) is 24.4. The van der Waals surface area contributed by atoms with Crippen LogP contribution < -0.4 is 0 Å². The molecule has 196 valence electrons. The van der Waals surface area contributed by atoms with Gasteiger partial charge in [-0.2, -0.15) is 0 Å². The lowest BCUT2D eigenvalue weighted by molar-refractivity contribution is -0.253. The highest BCUT2D eigenvalue weighted by Gasteiger charge is 2.80. The number of ketones is 2. The molecule has 1 aliphatic heterocycles. The van der Waals surface area contributed by atoms with Gasteiger partial charge in [0.15, 0.2) is 29.4 Å². The maximum Gasteiger partial charge on any atom is 0.303 e. The van der Waals surface area contributed by atoms with Crippen molar-refractivity contribution >= 4 is 17.5 Å². The summed E-state index contributed by atoms with van der Waals surface area (Å²) in [6, 6.07) is 0. The molecule has 1 spiro atoms. The summed E-state index contributed by atoms with van der Waals surface area (Å²) in [5.74, 6) is -2.80. The maximum atomic E-state index is 17.4. The number of esters is 1. The fraction of sp³-hybridized carbons (Fsp3) is 0.750. The molecule has 1 heterocycles. The lowest BCUT2D eigenvalue weighted by Gasteiger charge is -2.62. The van der Waals surface area contributed by atoms with Crippen LogP contribution in [0.15, 0.2) is 23.8 Å². The molecule has 0 bridgehead atoms. The topological polar surface area (TPSA) is 99.1 Å². The number of ether oxygens (including phenoxy) is 3. The lowest BCUT2D eigenvalue weighted by Crippen LogP contribution is -2.70. The molecule has 6 rings (SSSR count). The van der Waals surface area contributed by atoms with Gasteiger partial charge in [-0.3, -0.25) is 14.4 Å². The third-order valence-corrected chi connectivity index (χ3v) is 10.7. The Morgan fingerprint density at radius 3 is 2.64 bits per heavy atom. The second-order valence-corrected chi connectivity index (χ2v) is 12.3. The van der Waals surface area contributed by atoms with Crippen molar-refractivity contribution in [1.82, 2.24) is 0 Å². The first-order chi connectivity index (χ1) is 16.9. The molecule has 1 N–H and O–H groups in total. The van der Waals surface area contributed by atoms with E-state index in [1.165, 1.54) is 19.1 Å². The first-order valence-electron chi connectivity index (χ1n) is 13.3. The van der Waals surface area contributed by atoms with Crippen LogP contribution in [0.1, 0.15) is 72.1 Å². The second kappa shape index (κ2) is 7.58. The lowest BCUT2D eigenvalue weighted by atomic mass is 9.44. The van der Waals surface area contributed by atoms with Crippen molar-refractivity contribution in [3.05, 3.63) is 23.8 Å². The van der Waals surface area contributed by atoms with E-state index in [0.717, 1.165) is 12.8 Å². The molecule has 7 nitrogen and oxygen atoms in total. The van der Waals surface area contributed by atoms with Crippen molar-refractivity contribution in [2.75, 3.05) is 6.61 Å². The highest BCUT2D eigenvalue weighted by atomic mass is 19.1. The van der Waals surface area contributed by atoms with E-state index >= 15 is 4.39 Å². The van der Waals surface area contributed by atoms with Gasteiger partial charge < -0.3 is 19.3 Å². The summed E-state index contributed by atoms with van der Waals surface area (Å²) < 4.78 is 35.8. The molecule has 36 heavy (non-hydrogen) atoms. The van der Waals surface area contributed by atoms with Crippen LogP contribution in [0, 0.1) is 22.7 Å². The van der Waals surface area contributed by atoms with Gasteiger partial charge in [0.25, 0.3) is 0 Å². The monoisotopic (exact) mass is 502 g/mol. The van der Waals surface area contributed by atoms with Crippen LogP contribution >= 0.6 is 0 Å². The highest BCUT2D eigenvalue weighted by molar-refractivity contribution is 6.01. The number of aliphatic hydroxyl groups excluding tert-OH is 1. The van der Waals surface area contributed by atoms with E-state index in [1.807, 2.05) is 6.92 Å². The highest BCUT2D eigenvalue weighted by Crippen LogP contribution is 2.73. The SMILES string of the molecule is CC(=O)OCC(=O)C12OC3(CCCC3)OC1CC1C3CCC4=CC(=O)C=CC4(C)[C@@]3(F)[C@@H](O)CC12C. The van der Waals surface area contributed by atoms with Crippen LogP contribution in [-0.4, -0.2) is 58.5 Å². The average molecular weight is 503 g/mol.